The van der Waals surface area contributed by atoms with Crippen LogP contribution in [-0.4, -0.2) is 61.7 Å². The Bertz CT molecular complexity index is 504. The first-order valence-electron chi connectivity index (χ1n) is 9.07. The summed E-state index contributed by atoms with van der Waals surface area (Å²) in [7, 11) is 2.11. The molecule has 2 atom stereocenters. The van der Waals surface area contributed by atoms with E-state index in [4.69, 9.17) is 14.2 Å². The monoisotopic (exact) mass is 335 g/mol. The number of likely N-dealkylation sites (N-methyl/N-ethyl adjacent to an activating group) is 1. The van der Waals surface area contributed by atoms with Crippen molar-refractivity contribution < 1.29 is 19.3 Å². The molecule has 0 spiro atoms. The first-order chi connectivity index (χ1) is 11.7. The summed E-state index contributed by atoms with van der Waals surface area (Å²) in [6, 6.07) is 8.27. The molecule has 1 aliphatic heterocycles. The van der Waals surface area contributed by atoms with Crippen molar-refractivity contribution in [3.05, 3.63) is 24.3 Å². The van der Waals surface area contributed by atoms with Crippen LogP contribution in [0.4, 0.5) is 0 Å². The molecular formula is C19H29NO4. The SMILES string of the molecule is CN(C[C@H](O)COC[C@@H]1COc2ccccc2O1)C1CCCCC1. The number of hydrogen-bond acceptors (Lipinski definition) is 5. The lowest BCUT2D eigenvalue weighted by molar-refractivity contribution is -0.0308. The topological polar surface area (TPSA) is 51.2 Å². The Balaban J connectivity index is 1.34. The highest BCUT2D eigenvalue weighted by Crippen LogP contribution is 2.30. The predicted molar refractivity (Wildman–Crippen MR) is 92.7 cm³/mol. The molecule has 3 rings (SSSR count). The number of rotatable bonds is 7. The Morgan fingerprint density at radius 3 is 2.75 bits per heavy atom. The van der Waals surface area contributed by atoms with E-state index in [2.05, 4.69) is 11.9 Å². The molecule has 5 nitrogen and oxygen atoms in total. The van der Waals surface area contributed by atoms with Crippen LogP contribution >= 0.6 is 0 Å². The van der Waals surface area contributed by atoms with E-state index in [1.807, 2.05) is 24.3 Å². The van der Waals surface area contributed by atoms with Crippen LogP contribution in [0, 0.1) is 0 Å². The molecule has 0 aromatic heterocycles. The van der Waals surface area contributed by atoms with Crippen molar-refractivity contribution in [1.29, 1.82) is 0 Å². The summed E-state index contributed by atoms with van der Waals surface area (Å²) in [4.78, 5) is 2.28. The van der Waals surface area contributed by atoms with Gasteiger partial charge in [-0.1, -0.05) is 31.4 Å². The van der Waals surface area contributed by atoms with Gasteiger partial charge in [-0.3, -0.25) is 0 Å². The number of hydrogen-bond donors (Lipinski definition) is 1. The van der Waals surface area contributed by atoms with E-state index < -0.39 is 6.10 Å². The van der Waals surface area contributed by atoms with Crippen molar-refractivity contribution in [3.63, 3.8) is 0 Å². The van der Waals surface area contributed by atoms with Gasteiger partial charge in [-0.25, -0.2) is 0 Å². The molecule has 0 bridgehead atoms. The van der Waals surface area contributed by atoms with Crippen molar-refractivity contribution >= 4 is 0 Å². The predicted octanol–water partition coefficient (Wildman–Crippen LogP) is 2.47. The third kappa shape index (κ3) is 4.85. The third-order valence-electron chi connectivity index (χ3n) is 4.88. The van der Waals surface area contributed by atoms with E-state index in [0.29, 0.717) is 32.4 Å². The minimum absolute atomic E-state index is 0.122. The minimum atomic E-state index is -0.464. The van der Waals surface area contributed by atoms with E-state index >= 15 is 0 Å². The maximum absolute atomic E-state index is 10.2. The van der Waals surface area contributed by atoms with E-state index in [9.17, 15) is 5.11 Å². The summed E-state index contributed by atoms with van der Waals surface area (Å²) in [5, 5.41) is 10.2. The van der Waals surface area contributed by atoms with Gasteiger partial charge in [0, 0.05) is 12.6 Å². The highest BCUT2D eigenvalue weighted by Gasteiger charge is 2.22. The lowest BCUT2D eigenvalue weighted by atomic mass is 9.94. The second kappa shape index (κ2) is 8.70. The van der Waals surface area contributed by atoms with Gasteiger partial charge in [0.05, 0.1) is 19.3 Å². The quantitative estimate of drug-likeness (QED) is 0.829. The van der Waals surface area contributed by atoms with Crippen molar-refractivity contribution in [2.75, 3.05) is 33.4 Å². The number of aliphatic hydroxyl groups is 1. The van der Waals surface area contributed by atoms with Crippen molar-refractivity contribution in [2.45, 2.75) is 50.4 Å². The largest absolute Gasteiger partial charge is 0.486 e. The van der Waals surface area contributed by atoms with Crippen LogP contribution in [0.25, 0.3) is 0 Å². The zero-order valence-electron chi connectivity index (χ0n) is 14.5. The molecule has 0 unspecified atom stereocenters. The van der Waals surface area contributed by atoms with Gasteiger partial charge in [0.1, 0.15) is 6.61 Å². The summed E-state index contributed by atoms with van der Waals surface area (Å²) in [6.45, 7) is 1.90. The van der Waals surface area contributed by atoms with Gasteiger partial charge in [0.25, 0.3) is 0 Å². The van der Waals surface area contributed by atoms with Crippen LogP contribution in [0.1, 0.15) is 32.1 Å². The molecule has 0 radical (unpaired) electrons. The Morgan fingerprint density at radius 1 is 1.21 bits per heavy atom. The molecule has 0 saturated heterocycles. The van der Waals surface area contributed by atoms with Crippen molar-refractivity contribution in [3.8, 4) is 11.5 Å². The average Bonchev–Trinajstić information content (AvgIpc) is 2.62. The molecule has 1 aliphatic carbocycles. The molecule has 1 saturated carbocycles. The van der Waals surface area contributed by atoms with Crippen LogP contribution in [0.5, 0.6) is 11.5 Å². The lowest BCUT2D eigenvalue weighted by Crippen LogP contribution is -2.41. The van der Waals surface area contributed by atoms with Crippen LogP contribution in [0.3, 0.4) is 0 Å². The van der Waals surface area contributed by atoms with Gasteiger partial charge < -0.3 is 24.2 Å². The van der Waals surface area contributed by atoms with Crippen molar-refractivity contribution in [1.82, 2.24) is 4.90 Å². The third-order valence-corrected chi connectivity index (χ3v) is 4.88. The Labute approximate surface area is 144 Å². The maximum Gasteiger partial charge on any atom is 0.161 e. The molecule has 1 N–H and O–H groups in total. The molecule has 1 aromatic carbocycles. The molecular weight excluding hydrogens is 306 g/mol. The second-order valence-corrected chi connectivity index (χ2v) is 6.92. The zero-order chi connectivity index (χ0) is 16.8. The number of aliphatic hydroxyl groups excluding tert-OH is 1. The van der Waals surface area contributed by atoms with Gasteiger partial charge in [-0.15, -0.1) is 0 Å². The summed E-state index contributed by atoms with van der Waals surface area (Å²) in [5.41, 5.74) is 0. The standard InChI is InChI=1S/C19H29NO4/c1-20(15-7-3-2-4-8-15)11-16(21)12-22-13-17-14-23-18-9-5-6-10-19(18)24-17/h5-6,9-10,15-17,21H,2-4,7-8,11-14H2,1H3/t16-,17+/m0/s1. The number of ether oxygens (including phenoxy) is 3. The molecule has 134 valence electrons. The molecule has 1 heterocycles. The highest BCUT2D eigenvalue weighted by atomic mass is 16.6. The fourth-order valence-corrected chi connectivity index (χ4v) is 3.54. The van der Waals surface area contributed by atoms with Crippen molar-refractivity contribution in [2.24, 2.45) is 0 Å². The first-order valence-corrected chi connectivity index (χ1v) is 9.07. The van der Waals surface area contributed by atoms with Gasteiger partial charge >= 0.3 is 0 Å². The minimum Gasteiger partial charge on any atom is -0.486 e. The number of para-hydroxylation sites is 2. The van der Waals surface area contributed by atoms with Gasteiger partial charge in [0.2, 0.25) is 0 Å². The Morgan fingerprint density at radius 2 is 1.96 bits per heavy atom. The summed E-state index contributed by atoms with van der Waals surface area (Å²) in [6.07, 6.45) is 5.87. The summed E-state index contributed by atoms with van der Waals surface area (Å²) < 4.78 is 17.2. The maximum atomic E-state index is 10.2. The summed E-state index contributed by atoms with van der Waals surface area (Å²) >= 11 is 0. The fraction of sp³-hybridized carbons (Fsp3) is 0.684. The number of fused-ring (bicyclic) bond motifs is 1. The number of nitrogens with zero attached hydrogens (tertiary/aromatic N) is 1. The van der Waals surface area contributed by atoms with Gasteiger partial charge in [-0.05, 0) is 32.0 Å². The van der Waals surface area contributed by atoms with E-state index in [1.54, 1.807) is 0 Å². The lowest BCUT2D eigenvalue weighted by Gasteiger charge is -2.32. The van der Waals surface area contributed by atoms with E-state index in [1.165, 1.54) is 32.1 Å². The molecule has 5 heteroatoms. The normalized spacial score (nSPS) is 22.5. The molecule has 24 heavy (non-hydrogen) atoms. The second-order valence-electron chi connectivity index (χ2n) is 6.92. The molecule has 1 fully saturated rings. The molecule has 0 amide bonds. The van der Waals surface area contributed by atoms with Crippen LogP contribution < -0.4 is 9.47 Å². The number of benzene rings is 1. The first kappa shape index (κ1) is 17.5. The highest BCUT2D eigenvalue weighted by molar-refractivity contribution is 5.40. The van der Waals surface area contributed by atoms with Crippen LogP contribution in [0.15, 0.2) is 24.3 Å². The molecule has 2 aliphatic rings. The fourth-order valence-electron chi connectivity index (χ4n) is 3.54. The van der Waals surface area contributed by atoms with Crippen LogP contribution in [-0.2, 0) is 4.74 Å². The molecule has 1 aromatic rings. The van der Waals surface area contributed by atoms with E-state index in [0.717, 1.165) is 11.5 Å². The average molecular weight is 335 g/mol. The zero-order valence-corrected chi connectivity index (χ0v) is 14.5. The van der Waals surface area contributed by atoms with Crippen LogP contribution in [0.2, 0.25) is 0 Å². The smallest absolute Gasteiger partial charge is 0.161 e. The van der Waals surface area contributed by atoms with Gasteiger partial charge in [0.15, 0.2) is 17.6 Å². The van der Waals surface area contributed by atoms with Gasteiger partial charge in [-0.2, -0.15) is 0 Å². The summed E-state index contributed by atoms with van der Waals surface area (Å²) in [5.74, 6) is 1.54. The van der Waals surface area contributed by atoms with E-state index in [-0.39, 0.29) is 6.10 Å². The Hall–Kier alpha value is -1.30. The Kier molecular flexibility index (Phi) is 6.35.